The molecule has 0 amide bonds. The molecule has 1 saturated heterocycles. The molecule has 2 heterocycles. The summed E-state index contributed by atoms with van der Waals surface area (Å²) in [5, 5.41) is 20.9. The number of phosphoric ester groups is 2. The first-order valence-electron chi connectivity index (χ1n) is 25.1. The zero-order chi connectivity index (χ0) is 47.6. The number of aliphatic hydroxyl groups is 2. The number of anilines is 1. The van der Waals surface area contributed by atoms with Gasteiger partial charge in [0.05, 0.1) is 13.2 Å². The van der Waals surface area contributed by atoms with Gasteiger partial charge in [-0.1, -0.05) is 187 Å². The highest BCUT2D eigenvalue weighted by Gasteiger charge is 2.46. The maximum absolute atomic E-state index is 12.9. The van der Waals surface area contributed by atoms with Gasteiger partial charge in [-0.25, -0.2) is 13.9 Å². The van der Waals surface area contributed by atoms with Gasteiger partial charge in [0.2, 0.25) is 0 Å². The molecule has 6 N–H and O–H groups in total. The van der Waals surface area contributed by atoms with Crippen molar-refractivity contribution in [3.05, 3.63) is 22.7 Å². The van der Waals surface area contributed by atoms with Gasteiger partial charge in [0.1, 0.15) is 30.2 Å². The second kappa shape index (κ2) is 36.6. The Balaban J connectivity index is 1.76. The number of carbonyl (C=O) groups excluding carboxylic acids is 1. The van der Waals surface area contributed by atoms with Crippen molar-refractivity contribution >= 4 is 39.2 Å². The minimum absolute atomic E-state index is 0.0768. The second-order valence-corrected chi connectivity index (χ2v) is 21.9. The highest BCUT2D eigenvalue weighted by Crippen LogP contribution is 2.60. The van der Waals surface area contributed by atoms with Gasteiger partial charge in [0.25, 0.3) is 0 Å². The lowest BCUT2D eigenvalue weighted by Crippen LogP contribution is -2.36. The summed E-state index contributed by atoms with van der Waals surface area (Å²) in [7, 11) is -10.6. The van der Waals surface area contributed by atoms with E-state index in [2.05, 4.69) is 23.1 Å². The molecular weight excluding hydrogens is 897 g/mol. The minimum Gasteiger partial charge on any atom is -0.459 e. The first-order chi connectivity index (χ1) is 31.3. The number of esters is 1. The highest BCUT2D eigenvalue weighted by molar-refractivity contribution is 7.99. The molecule has 0 radical (unpaired) electrons. The minimum atomic E-state index is -5.32. The Morgan fingerprint density at radius 1 is 0.723 bits per heavy atom. The van der Waals surface area contributed by atoms with Gasteiger partial charge in [-0.15, -0.1) is 0 Å². The first-order valence-corrected chi connectivity index (χ1v) is 29.2. The Labute approximate surface area is 394 Å². The van der Waals surface area contributed by atoms with Crippen LogP contribution in [0.25, 0.3) is 0 Å². The molecule has 2 rings (SSSR count). The van der Waals surface area contributed by atoms with Crippen molar-refractivity contribution in [2.75, 3.05) is 30.5 Å². The molecule has 1 aliphatic heterocycles. The van der Waals surface area contributed by atoms with Crippen LogP contribution < -0.4 is 11.4 Å². The summed E-state index contributed by atoms with van der Waals surface area (Å²) in [4.78, 5) is 49.3. The predicted molar refractivity (Wildman–Crippen MR) is 259 cm³/mol. The average Bonchev–Trinajstić information content (AvgIpc) is 3.54. The summed E-state index contributed by atoms with van der Waals surface area (Å²) in [5.41, 5.74) is 4.63. The summed E-state index contributed by atoms with van der Waals surface area (Å²) < 4.78 is 52.0. The molecular formula is C46H87N3O13P2S. The number of phosphoric acid groups is 2. The fraction of sp³-hybridized carbons (Fsp3) is 0.891. The lowest BCUT2D eigenvalue weighted by molar-refractivity contribution is -0.149. The van der Waals surface area contributed by atoms with Crippen molar-refractivity contribution in [3.63, 3.8) is 0 Å². The van der Waals surface area contributed by atoms with E-state index in [4.69, 9.17) is 24.3 Å². The van der Waals surface area contributed by atoms with E-state index < -0.39 is 71.2 Å². The quantitative estimate of drug-likeness (QED) is 0.0232. The number of aromatic nitrogens is 2. The maximum Gasteiger partial charge on any atom is 0.481 e. The van der Waals surface area contributed by atoms with Gasteiger partial charge in [0.15, 0.2) is 6.23 Å². The fourth-order valence-electron chi connectivity index (χ4n) is 7.85. The van der Waals surface area contributed by atoms with E-state index in [0.29, 0.717) is 6.42 Å². The molecule has 3 unspecified atom stereocenters. The monoisotopic (exact) mass is 984 g/mol. The average molecular weight is 984 g/mol. The summed E-state index contributed by atoms with van der Waals surface area (Å²) in [6.45, 7) is 3.03. The van der Waals surface area contributed by atoms with E-state index in [9.17, 15) is 38.7 Å². The van der Waals surface area contributed by atoms with Crippen molar-refractivity contribution < 1.29 is 56.8 Å². The lowest BCUT2D eigenvalue weighted by atomic mass is 10.0. The molecule has 0 spiro atoms. The summed E-state index contributed by atoms with van der Waals surface area (Å²) in [6, 6.07) is 1.27. The molecule has 1 aromatic rings. The number of nitrogens with two attached hydrogens (primary N) is 1. The Morgan fingerprint density at radius 3 is 1.65 bits per heavy atom. The molecule has 0 aromatic carbocycles. The Kier molecular flexibility index (Phi) is 33.7. The molecule has 0 saturated carbocycles. The molecule has 7 atom stereocenters. The van der Waals surface area contributed by atoms with E-state index in [0.717, 1.165) is 48.8 Å². The van der Waals surface area contributed by atoms with Crippen molar-refractivity contribution in [3.8, 4) is 0 Å². The van der Waals surface area contributed by atoms with Gasteiger partial charge in [-0.2, -0.15) is 21.1 Å². The molecule has 380 valence electrons. The van der Waals surface area contributed by atoms with Crippen LogP contribution in [0.1, 0.15) is 213 Å². The molecule has 1 aliphatic rings. The van der Waals surface area contributed by atoms with Gasteiger partial charge < -0.3 is 35.2 Å². The Morgan fingerprint density at radius 2 is 1.17 bits per heavy atom. The van der Waals surface area contributed by atoms with Crippen LogP contribution in [0.2, 0.25) is 0 Å². The number of rotatable bonds is 43. The third-order valence-corrected chi connectivity index (χ3v) is 15.5. The van der Waals surface area contributed by atoms with Gasteiger partial charge in [0, 0.05) is 18.4 Å². The van der Waals surface area contributed by atoms with Crippen LogP contribution in [0.3, 0.4) is 0 Å². The number of carbonyl (C=O) groups is 1. The molecule has 1 aromatic heterocycles. The van der Waals surface area contributed by atoms with Crippen LogP contribution in [-0.4, -0.2) is 84.7 Å². The zero-order valence-corrected chi connectivity index (χ0v) is 42.4. The summed E-state index contributed by atoms with van der Waals surface area (Å²) in [6.07, 6.45) is 29.9. The van der Waals surface area contributed by atoms with Crippen molar-refractivity contribution in [1.29, 1.82) is 0 Å². The molecule has 0 bridgehead atoms. The third-order valence-electron chi connectivity index (χ3n) is 11.7. The summed E-state index contributed by atoms with van der Waals surface area (Å²) >= 11 is 1.54. The SMILES string of the molecule is CCCCCCCCCCCCCCCCCCSCC(COP(=O)(O)OP(=O)(O)OC[C@H]1O[C@@H](n2ccc(N)nc2=O)[C@@H](O)[C@@H]1O)OC(=O)CCCCCCCCCCCCCCC. The normalized spacial score (nSPS) is 19.8. The smallest absolute Gasteiger partial charge is 0.459 e. The number of unbranched alkanes of at least 4 members (excludes halogenated alkanes) is 27. The number of aliphatic hydroxyl groups excluding tert-OH is 2. The Bertz CT molecular complexity index is 1530. The van der Waals surface area contributed by atoms with Crippen LogP contribution in [0.15, 0.2) is 17.1 Å². The third kappa shape index (κ3) is 29.3. The van der Waals surface area contributed by atoms with Gasteiger partial charge >= 0.3 is 27.3 Å². The van der Waals surface area contributed by atoms with E-state index in [1.807, 2.05) is 0 Å². The first kappa shape index (κ1) is 59.8. The van der Waals surface area contributed by atoms with Crippen molar-refractivity contribution in [1.82, 2.24) is 9.55 Å². The molecule has 0 aliphatic carbocycles. The number of thioether (sulfide) groups is 1. The van der Waals surface area contributed by atoms with Crippen LogP contribution in [0.5, 0.6) is 0 Å². The van der Waals surface area contributed by atoms with Crippen molar-refractivity contribution in [2.24, 2.45) is 0 Å². The van der Waals surface area contributed by atoms with Crippen LogP contribution in [-0.2, 0) is 36.8 Å². The maximum atomic E-state index is 12.9. The standard InChI is InChI=1S/C46H87N3O13P2S/c1-3-5-7-9-11-13-15-17-18-19-21-23-25-27-29-31-35-65-38-39(60-42(50)32-30-28-26-24-22-20-16-14-12-10-8-6-4-2)36-58-63(54,55)62-64(56,57)59-37-40-43(51)44(52)45(61-40)49-34-33-41(47)48-46(49)53/h33-34,39-40,43-45,51-52H,3-32,35-38H2,1-2H3,(H,54,55)(H,56,57)(H2,47,48,53)/t39?,40-,43-,44+,45-/m1/s1. The lowest BCUT2D eigenvalue weighted by Gasteiger charge is -2.21. The Hall–Kier alpha value is -1.36. The summed E-state index contributed by atoms with van der Waals surface area (Å²) in [5.74, 6) is 0.546. The van der Waals surface area contributed by atoms with E-state index in [1.165, 1.54) is 165 Å². The number of ether oxygens (including phenoxy) is 2. The van der Waals surface area contributed by atoms with Crippen LogP contribution >= 0.6 is 27.4 Å². The van der Waals surface area contributed by atoms with E-state index >= 15 is 0 Å². The molecule has 1 fully saturated rings. The van der Waals surface area contributed by atoms with E-state index in [1.54, 1.807) is 0 Å². The topological polar surface area (TPSA) is 239 Å². The van der Waals surface area contributed by atoms with E-state index in [-0.39, 0.29) is 18.0 Å². The second-order valence-electron chi connectivity index (χ2n) is 17.7. The molecule has 65 heavy (non-hydrogen) atoms. The van der Waals surface area contributed by atoms with Crippen molar-refractivity contribution in [2.45, 2.75) is 237 Å². The van der Waals surface area contributed by atoms with Gasteiger partial charge in [-0.05, 0) is 24.7 Å². The zero-order valence-electron chi connectivity index (χ0n) is 39.8. The number of hydrogen-bond donors (Lipinski definition) is 5. The number of nitrogen functional groups attached to an aromatic ring is 1. The van der Waals surface area contributed by atoms with Gasteiger partial charge in [-0.3, -0.25) is 18.4 Å². The highest BCUT2D eigenvalue weighted by atomic mass is 32.2. The fourth-order valence-corrected chi connectivity index (χ4v) is 11.0. The predicted octanol–water partition coefficient (Wildman–Crippen LogP) is 11.1. The van der Waals surface area contributed by atoms with Crippen LogP contribution in [0.4, 0.5) is 5.82 Å². The number of nitrogens with zero attached hydrogens (tertiary/aromatic N) is 2. The number of hydrogen-bond acceptors (Lipinski definition) is 14. The molecule has 19 heteroatoms. The molecule has 16 nitrogen and oxygen atoms in total. The largest absolute Gasteiger partial charge is 0.481 e. The van der Waals surface area contributed by atoms with Crippen LogP contribution in [0, 0.1) is 0 Å².